The number of thiazole rings is 1. The molecule has 0 saturated heterocycles. The summed E-state index contributed by atoms with van der Waals surface area (Å²) >= 11 is 3.17. The van der Waals surface area contributed by atoms with Crippen molar-refractivity contribution in [3.05, 3.63) is 65.3 Å². The molecule has 0 aliphatic carbocycles. The minimum Gasteiger partial charge on any atom is -0.465 e. The lowest BCUT2D eigenvalue weighted by Crippen LogP contribution is -2.19. The van der Waals surface area contributed by atoms with Crippen molar-refractivity contribution in [3.8, 4) is 11.1 Å². The molecule has 3 aromatic rings. The summed E-state index contributed by atoms with van der Waals surface area (Å²) in [6.45, 7) is 6.88. The molecule has 0 aliphatic heterocycles. The number of hydrogen-bond acceptors (Lipinski definition) is 4. The predicted molar refractivity (Wildman–Crippen MR) is 112 cm³/mol. The molecule has 0 spiro atoms. The van der Waals surface area contributed by atoms with Gasteiger partial charge in [-0.2, -0.15) is 0 Å². The van der Waals surface area contributed by atoms with E-state index in [-0.39, 0.29) is 12.0 Å². The predicted octanol–water partition coefficient (Wildman–Crippen LogP) is 6.03. The highest BCUT2D eigenvalue weighted by molar-refractivity contribution is 8.01. The number of nitrogens with one attached hydrogen (secondary N) is 1. The van der Waals surface area contributed by atoms with Gasteiger partial charge in [0.15, 0.2) is 0 Å². The molecule has 0 unspecified atom stereocenters. The van der Waals surface area contributed by atoms with Gasteiger partial charge in [0.1, 0.15) is 5.01 Å². The van der Waals surface area contributed by atoms with Crippen LogP contribution in [-0.4, -0.2) is 16.2 Å². The molecular formula is C21H22N2O2S2. The Balaban J connectivity index is 1.89. The van der Waals surface area contributed by atoms with Crippen LogP contribution in [0.2, 0.25) is 0 Å². The van der Waals surface area contributed by atoms with Gasteiger partial charge in [-0.1, -0.05) is 68.9 Å². The highest BCUT2D eigenvalue weighted by Crippen LogP contribution is 2.37. The zero-order valence-electron chi connectivity index (χ0n) is 15.5. The molecule has 140 valence electrons. The number of hydrogen-bond donors (Lipinski definition) is 2. The third-order valence-electron chi connectivity index (χ3n) is 4.02. The number of nitrogens with zero attached hydrogens (tertiary/aromatic N) is 1. The minimum absolute atomic E-state index is 0.0460. The molecule has 1 heterocycles. The second kappa shape index (κ2) is 8.15. The van der Waals surface area contributed by atoms with E-state index in [1.807, 2.05) is 6.07 Å². The van der Waals surface area contributed by atoms with Crippen LogP contribution in [0.3, 0.4) is 0 Å². The van der Waals surface area contributed by atoms with Crippen LogP contribution in [0.1, 0.15) is 31.3 Å². The van der Waals surface area contributed by atoms with E-state index in [1.54, 1.807) is 18.0 Å². The topological polar surface area (TPSA) is 62.2 Å². The molecule has 2 N–H and O–H groups in total. The fraction of sp³-hybridized carbons (Fsp3) is 0.238. The molecule has 1 aromatic heterocycles. The summed E-state index contributed by atoms with van der Waals surface area (Å²) in [5.41, 5.74) is 3.72. The van der Waals surface area contributed by atoms with Gasteiger partial charge in [0.25, 0.3) is 0 Å². The molecule has 0 atom stereocenters. The Labute approximate surface area is 167 Å². The molecule has 27 heavy (non-hydrogen) atoms. The number of carboxylic acid groups (broad SMARTS) is 1. The summed E-state index contributed by atoms with van der Waals surface area (Å²) in [6, 6.07) is 17.1. The molecule has 6 heteroatoms. The van der Waals surface area contributed by atoms with E-state index >= 15 is 0 Å². The van der Waals surface area contributed by atoms with Crippen LogP contribution in [0.15, 0.2) is 63.8 Å². The molecule has 0 bridgehead atoms. The van der Waals surface area contributed by atoms with Crippen LogP contribution < -0.4 is 5.32 Å². The first-order chi connectivity index (χ1) is 12.8. The Morgan fingerprint density at radius 3 is 2.56 bits per heavy atom. The van der Waals surface area contributed by atoms with Crippen molar-refractivity contribution in [1.82, 2.24) is 10.3 Å². The average molecular weight is 399 g/mol. The van der Waals surface area contributed by atoms with Gasteiger partial charge in [-0.3, -0.25) is 0 Å². The van der Waals surface area contributed by atoms with E-state index in [0.29, 0.717) is 0 Å². The lowest BCUT2D eigenvalue weighted by molar-refractivity contribution is 0.194. The number of amides is 1. The Morgan fingerprint density at radius 2 is 1.89 bits per heavy atom. The zero-order chi connectivity index (χ0) is 19.4. The van der Waals surface area contributed by atoms with Crippen molar-refractivity contribution in [2.24, 2.45) is 0 Å². The lowest BCUT2D eigenvalue weighted by Gasteiger charge is -2.21. The third-order valence-corrected chi connectivity index (χ3v) is 6.09. The van der Waals surface area contributed by atoms with E-state index in [0.717, 1.165) is 14.1 Å². The van der Waals surface area contributed by atoms with Crippen molar-refractivity contribution in [2.75, 3.05) is 0 Å². The molecule has 0 fully saturated rings. The van der Waals surface area contributed by atoms with E-state index in [1.165, 1.54) is 28.0 Å². The van der Waals surface area contributed by atoms with Gasteiger partial charge in [0, 0.05) is 4.90 Å². The zero-order valence-corrected chi connectivity index (χ0v) is 17.2. The van der Waals surface area contributed by atoms with Crippen molar-refractivity contribution < 1.29 is 9.90 Å². The largest absolute Gasteiger partial charge is 0.465 e. The molecule has 4 nitrogen and oxygen atoms in total. The molecule has 2 aromatic carbocycles. The lowest BCUT2D eigenvalue weighted by atomic mass is 9.85. The summed E-state index contributed by atoms with van der Waals surface area (Å²) in [5.74, 6) is 0. The quantitative estimate of drug-likeness (QED) is 0.551. The van der Waals surface area contributed by atoms with Gasteiger partial charge in [0.05, 0.1) is 17.0 Å². The maximum atomic E-state index is 10.6. The van der Waals surface area contributed by atoms with Gasteiger partial charge in [-0.15, -0.1) is 11.3 Å². The first-order valence-electron chi connectivity index (χ1n) is 8.61. The Bertz CT molecular complexity index is 931. The first kappa shape index (κ1) is 19.5. The molecule has 1 amide bonds. The number of rotatable bonds is 5. The maximum absolute atomic E-state index is 10.6. The number of benzene rings is 2. The van der Waals surface area contributed by atoms with E-state index in [9.17, 15) is 4.79 Å². The molecule has 0 radical (unpaired) electrons. The smallest absolute Gasteiger partial charge is 0.405 e. The fourth-order valence-corrected chi connectivity index (χ4v) is 4.62. The van der Waals surface area contributed by atoms with Crippen molar-refractivity contribution in [3.63, 3.8) is 0 Å². The van der Waals surface area contributed by atoms with Gasteiger partial charge in [0.2, 0.25) is 0 Å². The van der Waals surface area contributed by atoms with Crippen LogP contribution in [0.4, 0.5) is 4.79 Å². The van der Waals surface area contributed by atoms with E-state index < -0.39 is 6.09 Å². The van der Waals surface area contributed by atoms with E-state index in [4.69, 9.17) is 5.11 Å². The van der Waals surface area contributed by atoms with Crippen LogP contribution in [0.25, 0.3) is 11.1 Å². The number of aromatic nitrogens is 1. The standard InChI is InChI=1S/C21H22N2O2S2/c1-21(2,3)16-9-15(14-7-5-4-6-8-14)10-17(11-16)26-19-13-22-18(27-19)12-23-20(24)25/h4-11,13,23H,12H2,1-3H3,(H,24,25). The Morgan fingerprint density at radius 1 is 1.15 bits per heavy atom. The van der Waals surface area contributed by atoms with Crippen LogP contribution in [-0.2, 0) is 12.0 Å². The van der Waals surface area contributed by atoms with Crippen LogP contribution in [0, 0.1) is 0 Å². The average Bonchev–Trinajstić information content (AvgIpc) is 3.07. The van der Waals surface area contributed by atoms with Crippen LogP contribution in [0.5, 0.6) is 0 Å². The first-order valence-corrected chi connectivity index (χ1v) is 10.2. The fourth-order valence-electron chi connectivity index (χ4n) is 2.58. The van der Waals surface area contributed by atoms with Crippen molar-refractivity contribution in [2.45, 2.75) is 41.8 Å². The summed E-state index contributed by atoms with van der Waals surface area (Å²) in [6.07, 6.45) is 0.768. The highest BCUT2D eigenvalue weighted by atomic mass is 32.2. The van der Waals surface area contributed by atoms with E-state index in [2.05, 4.69) is 73.5 Å². The Kier molecular flexibility index (Phi) is 5.87. The van der Waals surface area contributed by atoms with Crippen molar-refractivity contribution >= 4 is 29.2 Å². The van der Waals surface area contributed by atoms with Gasteiger partial charge in [-0.25, -0.2) is 9.78 Å². The summed E-state index contributed by atoms with van der Waals surface area (Å²) < 4.78 is 1.04. The Hall–Kier alpha value is -2.31. The summed E-state index contributed by atoms with van der Waals surface area (Å²) in [5, 5.41) is 11.8. The van der Waals surface area contributed by atoms with Gasteiger partial charge < -0.3 is 10.4 Å². The second-order valence-electron chi connectivity index (χ2n) is 7.20. The summed E-state index contributed by atoms with van der Waals surface area (Å²) in [4.78, 5) is 16.1. The SMILES string of the molecule is CC(C)(C)c1cc(Sc2cnc(CNC(=O)O)s2)cc(-c2ccccc2)c1. The monoisotopic (exact) mass is 398 g/mol. The highest BCUT2D eigenvalue weighted by Gasteiger charge is 2.17. The summed E-state index contributed by atoms with van der Waals surface area (Å²) in [7, 11) is 0. The van der Waals surface area contributed by atoms with Gasteiger partial charge in [-0.05, 0) is 34.2 Å². The molecule has 3 rings (SSSR count). The normalized spacial score (nSPS) is 11.4. The molecule has 0 aliphatic rings. The van der Waals surface area contributed by atoms with Gasteiger partial charge >= 0.3 is 6.09 Å². The molecule has 0 saturated carbocycles. The van der Waals surface area contributed by atoms with Crippen molar-refractivity contribution in [1.29, 1.82) is 0 Å². The maximum Gasteiger partial charge on any atom is 0.405 e. The molecular weight excluding hydrogens is 376 g/mol. The number of carbonyl (C=O) groups is 1. The third kappa shape index (κ3) is 5.34. The van der Waals surface area contributed by atoms with Crippen LogP contribution >= 0.6 is 23.1 Å². The minimum atomic E-state index is -1.04. The second-order valence-corrected chi connectivity index (χ2v) is 9.68.